The summed E-state index contributed by atoms with van der Waals surface area (Å²) in [6.07, 6.45) is 7.88. The fourth-order valence-electron chi connectivity index (χ4n) is 1.12. The lowest BCUT2D eigenvalue weighted by Gasteiger charge is -1.96. The van der Waals surface area contributed by atoms with Crippen LogP contribution in [0.5, 0.6) is 0 Å². The lowest BCUT2D eigenvalue weighted by molar-refractivity contribution is 0.921. The summed E-state index contributed by atoms with van der Waals surface area (Å²) in [5.74, 6) is 3.48. The first-order valence-corrected chi connectivity index (χ1v) is 5.26. The maximum atomic E-state index is 5.17. The van der Waals surface area contributed by atoms with Gasteiger partial charge < -0.3 is 0 Å². The van der Waals surface area contributed by atoms with E-state index < -0.39 is 0 Å². The summed E-state index contributed by atoms with van der Waals surface area (Å²) in [4.78, 5) is 0. The van der Waals surface area contributed by atoms with Gasteiger partial charge in [0, 0.05) is 18.4 Å². The third-order valence-electron chi connectivity index (χ3n) is 1.76. The maximum absolute atomic E-state index is 5.17. The standard InChI is InChI=1S/C10H9N3S/c1-2-3-8-14-10-12-11-9-6-4-5-7-13(9)10/h1,4-7H,3,8H2. The van der Waals surface area contributed by atoms with Gasteiger partial charge in [-0.25, -0.2) is 0 Å². The second-order valence-corrected chi connectivity index (χ2v) is 3.78. The summed E-state index contributed by atoms with van der Waals surface area (Å²) in [7, 11) is 0. The van der Waals surface area contributed by atoms with Crippen LogP contribution in [0.1, 0.15) is 6.42 Å². The highest BCUT2D eigenvalue weighted by Gasteiger charge is 2.03. The molecule has 0 unspecified atom stereocenters. The molecule has 0 aliphatic heterocycles. The minimum absolute atomic E-state index is 0.756. The third kappa shape index (κ3) is 1.73. The van der Waals surface area contributed by atoms with Crippen LogP contribution in [0.25, 0.3) is 5.65 Å². The fourth-order valence-corrected chi connectivity index (χ4v) is 1.91. The summed E-state index contributed by atoms with van der Waals surface area (Å²) >= 11 is 1.63. The van der Waals surface area contributed by atoms with Crippen molar-refractivity contribution in [2.75, 3.05) is 5.75 Å². The maximum Gasteiger partial charge on any atom is 0.195 e. The van der Waals surface area contributed by atoms with Crippen molar-refractivity contribution in [3.63, 3.8) is 0 Å². The summed E-state index contributed by atoms with van der Waals surface area (Å²) in [5, 5.41) is 9.01. The number of hydrogen-bond acceptors (Lipinski definition) is 3. The molecule has 0 radical (unpaired) electrons. The van der Waals surface area contributed by atoms with Gasteiger partial charge in [0.05, 0.1) is 0 Å². The number of nitrogens with zero attached hydrogens (tertiary/aromatic N) is 3. The highest BCUT2D eigenvalue weighted by Crippen LogP contribution is 2.16. The molecule has 0 fully saturated rings. The number of aromatic nitrogens is 3. The number of rotatable bonds is 3. The number of hydrogen-bond donors (Lipinski definition) is 0. The molecule has 0 aliphatic rings. The topological polar surface area (TPSA) is 30.2 Å². The van der Waals surface area contributed by atoms with Gasteiger partial charge in [0.1, 0.15) is 0 Å². The number of fused-ring (bicyclic) bond motifs is 1. The van der Waals surface area contributed by atoms with Crippen molar-refractivity contribution in [3.8, 4) is 12.3 Å². The molecule has 0 saturated carbocycles. The molecule has 0 aliphatic carbocycles. The molecular formula is C10H9N3S. The molecule has 0 atom stereocenters. The van der Waals surface area contributed by atoms with Gasteiger partial charge in [0.25, 0.3) is 0 Å². The lowest BCUT2D eigenvalue weighted by atomic mass is 10.5. The predicted molar refractivity (Wildman–Crippen MR) is 57.2 cm³/mol. The highest BCUT2D eigenvalue weighted by molar-refractivity contribution is 7.99. The monoisotopic (exact) mass is 203 g/mol. The van der Waals surface area contributed by atoms with E-state index in [1.165, 1.54) is 0 Å². The molecule has 0 saturated heterocycles. The van der Waals surface area contributed by atoms with Crippen molar-refractivity contribution in [1.29, 1.82) is 0 Å². The van der Waals surface area contributed by atoms with Gasteiger partial charge in [-0.1, -0.05) is 17.8 Å². The predicted octanol–water partition coefficient (Wildman–Crippen LogP) is 1.84. The van der Waals surface area contributed by atoms with E-state index in [1.54, 1.807) is 11.8 Å². The lowest BCUT2D eigenvalue weighted by Crippen LogP contribution is -1.86. The Morgan fingerprint density at radius 3 is 3.21 bits per heavy atom. The molecule has 3 nitrogen and oxygen atoms in total. The van der Waals surface area contributed by atoms with Gasteiger partial charge in [-0.3, -0.25) is 4.40 Å². The summed E-state index contributed by atoms with van der Waals surface area (Å²) in [6.45, 7) is 0. The van der Waals surface area contributed by atoms with Crippen LogP contribution in [0.3, 0.4) is 0 Å². The van der Waals surface area contributed by atoms with Crippen molar-refractivity contribution in [3.05, 3.63) is 24.4 Å². The van der Waals surface area contributed by atoms with Crippen LogP contribution in [-0.4, -0.2) is 20.4 Å². The zero-order chi connectivity index (χ0) is 9.80. The Morgan fingerprint density at radius 2 is 2.36 bits per heavy atom. The Morgan fingerprint density at radius 1 is 1.43 bits per heavy atom. The van der Waals surface area contributed by atoms with Gasteiger partial charge in [-0.2, -0.15) is 0 Å². The second kappa shape index (κ2) is 4.16. The first-order valence-electron chi connectivity index (χ1n) is 4.28. The Balaban J connectivity index is 2.22. The summed E-state index contributed by atoms with van der Waals surface area (Å²) in [5.41, 5.74) is 0.871. The average Bonchev–Trinajstić information content (AvgIpc) is 2.63. The van der Waals surface area contributed by atoms with Crippen LogP contribution < -0.4 is 0 Å². The van der Waals surface area contributed by atoms with E-state index in [4.69, 9.17) is 6.42 Å². The molecule has 2 aromatic rings. The van der Waals surface area contributed by atoms with Crippen LogP contribution in [0, 0.1) is 12.3 Å². The Labute approximate surface area is 86.5 Å². The van der Waals surface area contributed by atoms with E-state index in [9.17, 15) is 0 Å². The third-order valence-corrected chi connectivity index (χ3v) is 2.70. The van der Waals surface area contributed by atoms with Crippen LogP contribution in [0.4, 0.5) is 0 Å². The van der Waals surface area contributed by atoms with E-state index in [2.05, 4.69) is 16.1 Å². The average molecular weight is 203 g/mol. The van der Waals surface area contributed by atoms with Gasteiger partial charge in [0.2, 0.25) is 0 Å². The van der Waals surface area contributed by atoms with Crippen molar-refractivity contribution < 1.29 is 0 Å². The Kier molecular flexibility index (Phi) is 2.70. The van der Waals surface area contributed by atoms with Crippen LogP contribution in [-0.2, 0) is 0 Å². The van der Waals surface area contributed by atoms with Gasteiger partial charge in [-0.05, 0) is 12.1 Å². The Hall–Kier alpha value is -1.47. The zero-order valence-corrected chi connectivity index (χ0v) is 8.37. The van der Waals surface area contributed by atoms with Crippen molar-refractivity contribution in [2.45, 2.75) is 11.6 Å². The number of pyridine rings is 1. The smallest absolute Gasteiger partial charge is 0.195 e. The van der Waals surface area contributed by atoms with Crippen molar-refractivity contribution in [2.24, 2.45) is 0 Å². The van der Waals surface area contributed by atoms with E-state index in [-0.39, 0.29) is 0 Å². The van der Waals surface area contributed by atoms with E-state index in [0.717, 1.165) is 23.0 Å². The molecule has 2 aromatic heterocycles. The fraction of sp³-hybridized carbons (Fsp3) is 0.200. The van der Waals surface area contributed by atoms with Gasteiger partial charge >= 0.3 is 0 Å². The summed E-state index contributed by atoms with van der Waals surface area (Å²) in [6, 6.07) is 5.83. The Bertz CT molecular complexity index is 469. The van der Waals surface area contributed by atoms with Crippen LogP contribution in [0.15, 0.2) is 29.6 Å². The molecule has 0 N–H and O–H groups in total. The van der Waals surface area contributed by atoms with Crippen molar-refractivity contribution in [1.82, 2.24) is 14.6 Å². The second-order valence-electron chi connectivity index (χ2n) is 2.71. The van der Waals surface area contributed by atoms with E-state index in [1.807, 2.05) is 28.8 Å². The van der Waals surface area contributed by atoms with E-state index in [0.29, 0.717) is 0 Å². The van der Waals surface area contributed by atoms with Crippen LogP contribution >= 0.6 is 11.8 Å². The van der Waals surface area contributed by atoms with Crippen LogP contribution in [0.2, 0.25) is 0 Å². The first-order chi connectivity index (χ1) is 6.92. The molecule has 0 aromatic carbocycles. The summed E-state index contributed by atoms with van der Waals surface area (Å²) < 4.78 is 1.96. The molecule has 2 rings (SSSR count). The highest BCUT2D eigenvalue weighted by atomic mass is 32.2. The molecule has 2 heterocycles. The molecule has 0 bridgehead atoms. The molecule has 14 heavy (non-hydrogen) atoms. The van der Waals surface area contributed by atoms with Gasteiger partial charge in [-0.15, -0.1) is 22.5 Å². The first kappa shape index (κ1) is 9.10. The number of thioether (sulfide) groups is 1. The zero-order valence-electron chi connectivity index (χ0n) is 7.55. The normalized spacial score (nSPS) is 10.2. The molecule has 0 amide bonds. The van der Waals surface area contributed by atoms with Gasteiger partial charge in [0.15, 0.2) is 10.8 Å². The SMILES string of the molecule is C#CCCSc1nnc2ccccn12. The quantitative estimate of drug-likeness (QED) is 0.433. The molecule has 70 valence electrons. The molecular weight excluding hydrogens is 194 g/mol. The number of terminal acetylenes is 1. The minimum atomic E-state index is 0.756. The van der Waals surface area contributed by atoms with Crippen molar-refractivity contribution >= 4 is 17.4 Å². The molecule has 0 spiro atoms. The largest absolute Gasteiger partial charge is 0.277 e. The molecule has 4 heteroatoms. The minimum Gasteiger partial charge on any atom is -0.277 e. The van der Waals surface area contributed by atoms with E-state index >= 15 is 0 Å².